The first-order chi connectivity index (χ1) is 7.67. The zero-order valence-corrected chi connectivity index (χ0v) is 10.1. The number of rotatable bonds is 7. The molecule has 16 heavy (non-hydrogen) atoms. The van der Waals surface area contributed by atoms with Gasteiger partial charge in [-0.1, -0.05) is 11.3 Å². The summed E-state index contributed by atoms with van der Waals surface area (Å²) in [6.07, 6.45) is 3.82. The first-order valence-corrected chi connectivity index (χ1v) is 5.61. The van der Waals surface area contributed by atoms with Crippen LogP contribution in [-0.2, 0) is 13.1 Å². The molecule has 0 aliphatic rings. The van der Waals surface area contributed by atoms with Crippen molar-refractivity contribution in [2.24, 2.45) is 5.73 Å². The average molecular weight is 223 g/mol. The van der Waals surface area contributed by atoms with Gasteiger partial charge in [0.15, 0.2) is 0 Å². The Morgan fingerprint density at radius 1 is 1.62 bits per heavy atom. The van der Waals surface area contributed by atoms with E-state index in [0.717, 1.165) is 25.3 Å². The van der Waals surface area contributed by atoms with Crippen molar-refractivity contribution in [3.8, 4) is 0 Å². The van der Waals surface area contributed by atoms with Crippen molar-refractivity contribution in [3.05, 3.63) is 24.5 Å². The molecule has 0 spiro atoms. The number of aromatic nitrogens is 3. The molecule has 0 radical (unpaired) electrons. The maximum atomic E-state index is 5.48. The standard InChI is InChI=1S/C11H21N5/c1-4-5-15(10(2)3)6-7-16-9-11(8-12)13-14-16/h4,9-10H,1,5-8,12H2,2-3H3. The summed E-state index contributed by atoms with van der Waals surface area (Å²) in [5.41, 5.74) is 6.31. The minimum atomic E-state index is 0.445. The molecule has 0 aliphatic carbocycles. The van der Waals surface area contributed by atoms with Crippen molar-refractivity contribution in [2.75, 3.05) is 13.1 Å². The number of nitrogens with two attached hydrogens (primary N) is 1. The molecule has 5 nitrogen and oxygen atoms in total. The van der Waals surface area contributed by atoms with Gasteiger partial charge in [0.25, 0.3) is 0 Å². The van der Waals surface area contributed by atoms with Gasteiger partial charge in [-0.2, -0.15) is 0 Å². The van der Waals surface area contributed by atoms with E-state index in [0.29, 0.717) is 12.6 Å². The second-order valence-corrected chi connectivity index (χ2v) is 4.05. The quantitative estimate of drug-likeness (QED) is 0.689. The molecule has 2 N–H and O–H groups in total. The van der Waals surface area contributed by atoms with Gasteiger partial charge in [-0.3, -0.25) is 9.58 Å². The zero-order valence-electron chi connectivity index (χ0n) is 10.1. The monoisotopic (exact) mass is 223 g/mol. The van der Waals surface area contributed by atoms with E-state index < -0.39 is 0 Å². The summed E-state index contributed by atoms with van der Waals surface area (Å²) >= 11 is 0. The highest BCUT2D eigenvalue weighted by molar-refractivity contribution is 4.90. The SMILES string of the molecule is C=CCN(CCn1cc(CN)nn1)C(C)C. The topological polar surface area (TPSA) is 60.0 Å². The van der Waals surface area contributed by atoms with Crippen LogP contribution in [0.3, 0.4) is 0 Å². The molecule has 0 saturated heterocycles. The Labute approximate surface area is 96.9 Å². The molecule has 0 atom stereocenters. The van der Waals surface area contributed by atoms with E-state index in [1.165, 1.54) is 0 Å². The van der Waals surface area contributed by atoms with Crippen LogP contribution in [0.4, 0.5) is 0 Å². The smallest absolute Gasteiger partial charge is 0.0962 e. The summed E-state index contributed by atoms with van der Waals surface area (Å²) in [6, 6.07) is 0.510. The summed E-state index contributed by atoms with van der Waals surface area (Å²) in [6.45, 7) is 11.2. The highest BCUT2D eigenvalue weighted by atomic mass is 15.4. The third-order valence-corrected chi connectivity index (χ3v) is 2.51. The molecule has 1 rings (SSSR count). The number of hydrogen-bond donors (Lipinski definition) is 1. The molecule has 0 aromatic carbocycles. The molecule has 1 aromatic rings. The van der Waals surface area contributed by atoms with Crippen LogP contribution < -0.4 is 5.73 Å². The van der Waals surface area contributed by atoms with Gasteiger partial charge < -0.3 is 5.73 Å². The molecule has 5 heteroatoms. The first kappa shape index (κ1) is 12.9. The summed E-state index contributed by atoms with van der Waals surface area (Å²) in [5.74, 6) is 0. The predicted molar refractivity (Wildman–Crippen MR) is 64.8 cm³/mol. The molecule has 0 fully saturated rings. The lowest BCUT2D eigenvalue weighted by Gasteiger charge is -2.24. The number of nitrogens with zero attached hydrogens (tertiary/aromatic N) is 4. The van der Waals surface area contributed by atoms with E-state index in [-0.39, 0.29) is 0 Å². The van der Waals surface area contributed by atoms with Crippen LogP contribution in [-0.4, -0.2) is 39.0 Å². The van der Waals surface area contributed by atoms with E-state index in [9.17, 15) is 0 Å². The zero-order chi connectivity index (χ0) is 12.0. The third-order valence-electron chi connectivity index (χ3n) is 2.51. The Balaban J connectivity index is 2.44. The second kappa shape index (κ2) is 6.40. The molecule has 0 amide bonds. The van der Waals surface area contributed by atoms with Gasteiger partial charge in [0, 0.05) is 31.9 Å². The van der Waals surface area contributed by atoms with Crippen LogP contribution in [0.2, 0.25) is 0 Å². The lowest BCUT2D eigenvalue weighted by atomic mass is 10.3. The van der Waals surface area contributed by atoms with Crippen LogP contribution in [0.15, 0.2) is 18.9 Å². The lowest BCUT2D eigenvalue weighted by molar-refractivity contribution is 0.232. The molecule has 1 aromatic heterocycles. The van der Waals surface area contributed by atoms with Gasteiger partial charge in [0.2, 0.25) is 0 Å². The largest absolute Gasteiger partial charge is 0.325 e. The Bertz CT molecular complexity index is 318. The van der Waals surface area contributed by atoms with Gasteiger partial charge in [0.1, 0.15) is 0 Å². The second-order valence-electron chi connectivity index (χ2n) is 4.05. The summed E-state index contributed by atoms with van der Waals surface area (Å²) in [5, 5.41) is 7.97. The fourth-order valence-electron chi connectivity index (χ4n) is 1.50. The normalized spacial score (nSPS) is 11.3. The Morgan fingerprint density at radius 2 is 2.38 bits per heavy atom. The van der Waals surface area contributed by atoms with Crippen LogP contribution in [0.25, 0.3) is 0 Å². The van der Waals surface area contributed by atoms with E-state index >= 15 is 0 Å². The van der Waals surface area contributed by atoms with Crippen LogP contribution in [0.5, 0.6) is 0 Å². The fourth-order valence-corrected chi connectivity index (χ4v) is 1.50. The van der Waals surface area contributed by atoms with Crippen molar-refractivity contribution in [1.29, 1.82) is 0 Å². The van der Waals surface area contributed by atoms with Gasteiger partial charge in [-0.15, -0.1) is 11.7 Å². The van der Waals surface area contributed by atoms with Crippen LogP contribution in [0.1, 0.15) is 19.5 Å². The lowest BCUT2D eigenvalue weighted by Crippen LogP contribution is -2.34. The minimum absolute atomic E-state index is 0.445. The van der Waals surface area contributed by atoms with Crippen molar-refractivity contribution in [2.45, 2.75) is 33.0 Å². The van der Waals surface area contributed by atoms with Crippen molar-refractivity contribution in [1.82, 2.24) is 19.9 Å². The maximum Gasteiger partial charge on any atom is 0.0962 e. The molecular formula is C11H21N5. The molecular weight excluding hydrogens is 202 g/mol. The molecule has 1 heterocycles. The third kappa shape index (κ3) is 3.75. The van der Waals surface area contributed by atoms with Crippen LogP contribution >= 0.6 is 0 Å². The van der Waals surface area contributed by atoms with Crippen molar-refractivity contribution in [3.63, 3.8) is 0 Å². The molecule has 0 aliphatic heterocycles. The van der Waals surface area contributed by atoms with Crippen LogP contribution in [0, 0.1) is 0 Å². The summed E-state index contributed by atoms with van der Waals surface area (Å²) in [7, 11) is 0. The Hall–Kier alpha value is -1.20. The van der Waals surface area contributed by atoms with Gasteiger partial charge >= 0.3 is 0 Å². The van der Waals surface area contributed by atoms with Crippen molar-refractivity contribution < 1.29 is 0 Å². The summed E-state index contributed by atoms with van der Waals surface area (Å²) in [4.78, 5) is 2.33. The Kier molecular flexibility index (Phi) is 5.14. The van der Waals surface area contributed by atoms with Gasteiger partial charge in [0.05, 0.1) is 12.2 Å². The average Bonchev–Trinajstić information content (AvgIpc) is 2.71. The van der Waals surface area contributed by atoms with Crippen molar-refractivity contribution >= 4 is 0 Å². The molecule has 0 bridgehead atoms. The van der Waals surface area contributed by atoms with Gasteiger partial charge in [-0.25, -0.2) is 0 Å². The van der Waals surface area contributed by atoms with E-state index in [1.54, 1.807) is 0 Å². The summed E-state index contributed by atoms with van der Waals surface area (Å²) < 4.78 is 1.83. The minimum Gasteiger partial charge on any atom is -0.325 e. The molecule has 90 valence electrons. The first-order valence-electron chi connectivity index (χ1n) is 5.61. The highest BCUT2D eigenvalue weighted by Gasteiger charge is 2.07. The van der Waals surface area contributed by atoms with E-state index in [4.69, 9.17) is 5.73 Å². The molecule has 0 saturated carbocycles. The fraction of sp³-hybridized carbons (Fsp3) is 0.636. The predicted octanol–water partition coefficient (Wildman–Crippen LogP) is 0.633. The van der Waals surface area contributed by atoms with E-state index in [1.807, 2.05) is 17.0 Å². The van der Waals surface area contributed by atoms with E-state index in [2.05, 4.69) is 35.6 Å². The maximum absolute atomic E-state index is 5.48. The highest BCUT2D eigenvalue weighted by Crippen LogP contribution is 1.99. The molecule has 0 unspecified atom stereocenters. The number of hydrogen-bond acceptors (Lipinski definition) is 4. The Morgan fingerprint density at radius 3 is 2.88 bits per heavy atom. The van der Waals surface area contributed by atoms with Gasteiger partial charge in [-0.05, 0) is 13.8 Å².